The fourth-order valence-electron chi connectivity index (χ4n) is 1.82. The zero-order chi connectivity index (χ0) is 10.9. The van der Waals surface area contributed by atoms with E-state index in [9.17, 15) is 9.59 Å². The van der Waals surface area contributed by atoms with Gasteiger partial charge in [-0.1, -0.05) is 13.8 Å². The summed E-state index contributed by atoms with van der Waals surface area (Å²) in [6.45, 7) is 3.95. The lowest BCUT2D eigenvalue weighted by Crippen LogP contribution is -2.43. The molecule has 5 heteroatoms. The van der Waals surface area contributed by atoms with Crippen molar-refractivity contribution in [2.24, 2.45) is 17.8 Å². The largest absolute Gasteiger partial charge is 0.480 e. The molecule has 1 aliphatic rings. The summed E-state index contributed by atoms with van der Waals surface area (Å²) in [5.41, 5.74) is 0. The van der Waals surface area contributed by atoms with E-state index >= 15 is 0 Å². The smallest absolute Gasteiger partial charge is 0.407 e. The zero-order valence-electron chi connectivity index (χ0n) is 8.48. The van der Waals surface area contributed by atoms with Gasteiger partial charge in [-0.3, -0.25) is 0 Å². The molecule has 1 rings (SSSR count). The molecule has 1 saturated carbocycles. The number of amides is 1. The molecule has 3 atom stereocenters. The number of carbonyl (C=O) groups excluding carboxylic acids is 1. The normalized spacial score (nSPS) is 31.8. The lowest BCUT2D eigenvalue weighted by Gasteiger charge is -2.12. The summed E-state index contributed by atoms with van der Waals surface area (Å²) in [4.78, 5) is 21.7. The number of alkyl carbamates (subject to hydrolysis) is 1. The van der Waals surface area contributed by atoms with Crippen molar-refractivity contribution in [3.8, 4) is 0 Å². The third-order valence-corrected chi connectivity index (χ3v) is 3.01. The van der Waals surface area contributed by atoms with Gasteiger partial charge in [-0.2, -0.15) is 0 Å². The van der Waals surface area contributed by atoms with E-state index in [0.717, 1.165) is 0 Å². The Kier molecular flexibility index (Phi) is 2.98. The van der Waals surface area contributed by atoms with Crippen molar-refractivity contribution >= 4 is 12.1 Å². The Morgan fingerprint density at radius 1 is 1.36 bits per heavy atom. The van der Waals surface area contributed by atoms with E-state index in [4.69, 9.17) is 5.11 Å². The molecular formula is C9H15NO4. The van der Waals surface area contributed by atoms with Crippen LogP contribution in [-0.2, 0) is 9.53 Å². The summed E-state index contributed by atoms with van der Waals surface area (Å²) < 4.78 is 4.37. The van der Waals surface area contributed by atoms with E-state index in [1.807, 2.05) is 13.8 Å². The standard InChI is InChI=1S/C9H15NO4/c1-4-5(2)6(4)7(8(11)12)10-9(13)14-3/h4-7H,1-3H3,(H,10,13)(H,11,12)/t4?,5?,6?,7-/m0/s1. The second-order valence-electron chi connectivity index (χ2n) is 3.75. The molecular weight excluding hydrogens is 186 g/mol. The highest BCUT2D eigenvalue weighted by atomic mass is 16.5. The van der Waals surface area contributed by atoms with E-state index in [0.29, 0.717) is 11.8 Å². The average Bonchev–Trinajstić information content (AvgIpc) is 2.70. The molecule has 0 saturated heterocycles. The van der Waals surface area contributed by atoms with Gasteiger partial charge in [-0.25, -0.2) is 9.59 Å². The number of carboxylic acids is 1. The van der Waals surface area contributed by atoms with Gasteiger partial charge in [-0.05, 0) is 17.8 Å². The van der Waals surface area contributed by atoms with Crippen molar-refractivity contribution in [3.63, 3.8) is 0 Å². The second-order valence-corrected chi connectivity index (χ2v) is 3.75. The van der Waals surface area contributed by atoms with Crippen molar-refractivity contribution in [1.29, 1.82) is 0 Å². The number of carbonyl (C=O) groups is 2. The first kappa shape index (κ1) is 10.8. The minimum Gasteiger partial charge on any atom is -0.480 e. The molecule has 5 nitrogen and oxygen atoms in total. The molecule has 0 bridgehead atoms. The predicted molar refractivity (Wildman–Crippen MR) is 48.8 cm³/mol. The van der Waals surface area contributed by atoms with Gasteiger partial charge in [0.1, 0.15) is 6.04 Å². The van der Waals surface area contributed by atoms with E-state index in [1.165, 1.54) is 7.11 Å². The summed E-state index contributed by atoms with van der Waals surface area (Å²) in [5, 5.41) is 11.2. The van der Waals surface area contributed by atoms with Gasteiger partial charge in [0, 0.05) is 0 Å². The highest BCUT2D eigenvalue weighted by Gasteiger charge is 2.51. The topological polar surface area (TPSA) is 75.6 Å². The molecule has 0 heterocycles. The number of carboxylic acid groups (broad SMARTS) is 1. The van der Waals surface area contributed by atoms with Crippen LogP contribution in [0.15, 0.2) is 0 Å². The van der Waals surface area contributed by atoms with Crippen LogP contribution in [-0.4, -0.2) is 30.3 Å². The van der Waals surface area contributed by atoms with Crippen molar-refractivity contribution in [2.75, 3.05) is 7.11 Å². The molecule has 80 valence electrons. The maximum Gasteiger partial charge on any atom is 0.407 e. The molecule has 1 fully saturated rings. The van der Waals surface area contributed by atoms with Crippen LogP contribution in [0.25, 0.3) is 0 Å². The van der Waals surface area contributed by atoms with Crippen LogP contribution < -0.4 is 5.32 Å². The summed E-state index contributed by atoms with van der Waals surface area (Å²) in [7, 11) is 1.22. The van der Waals surface area contributed by atoms with Crippen LogP contribution in [0.5, 0.6) is 0 Å². The van der Waals surface area contributed by atoms with Crippen molar-refractivity contribution < 1.29 is 19.4 Å². The Balaban J connectivity index is 2.58. The first-order chi connectivity index (χ1) is 6.49. The van der Waals surface area contributed by atoms with Gasteiger partial charge in [0.15, 0.2) is 0 Å². The van der Waals surface area contributed by atoms with Crippen LogP contribution in [0.3, 0.4) is 0 Å². The number of nitrogens with one attached hydrogen (secondary N) is 1. The Hall–Kier alpha value is -1.26. The molecule has 0 aromatic rings. The Morgan fingerprint density at radius 2 is 1.86 bits per heavy atom. The Bertz CT molecular complexity index is 245. The van der Waals surface area contributed by atoms with E-state index in [-0.39, 0.29) is 5.92 Å². The fraction of sp³-hybridized carbons (Fsp3) is 0.778. The SMILES string of the molecule is COC(=O)N[C@H](C(=O)O)C1C(C)C1C. The molecule has 2 N–H and O–H groups in total. The van der Waals surface area contributed by atoms with E-state index in [2.05, 4.69) is 10.1 Å². The first-order valence-corrected chi connectivity index (χ1v) is 4.56. The molecule has 0 aliphatic heterocycles. The lowest BCUT2D eigenvalue weighted by atomic mass is 10.1. The minimum absolute atomic E-state index is 0.0200. The third kappa shape index (κ3) is 1.97. The van der Waals surface area contributed by atoms with Crippen molar-refractivity contribution in [2.45, 2.75) is 19.9 Å². The summed E-state index contributed by atoms with van der Waals surface area (Å²) in [6.07, 6.45) is -0.691. The van der Waals surface area contributed by atoms with Crippen molar-refractivity contribution in [1.82, 2.24) is 5.32 Å². The lowest BCUT2D eigenvalue weighted by molar-refractivity contribution is -0.140. The maximum atomic E-state index is 10.9. The third-order valence-electron chi connectivity index (χ3n) is 3.01. The molecule has 1 aliphatic carbocycles. The van der Waals surface area contributed by atoms with Gasteiger partial charge in [0.05, 0.1) is 7.11 Å². The van der Waals surface area contributed by atoms with Gasteiger partial charge in [0.2, 0.25) is 0 Å². The van der Waals surface area contributed by atoms with Gasteiger partial charge in [-0.15, -0.1) is 0 Å². The number of methoxy groups -OCH3 is 1. The molecule has 2 unspecified atom stereocenters. The second kappa shape index (κ2) is 3.86. The number of rotatable bonds is 3. The van der Waals surface area contributed by atoms with Crippen LogP contribution in [0, 0.1) is 17.8 Å². The van der Waals surface area contributed by atoms with Gasteiger partial charge in [0.25, 0.3) is 0 Å². The number of hydrogen-bond donors (Lipinski definition) is 2. The Morgan fingerprint density at radius 3 is 2.14 bits per heavy atom. The molecule has 1 amide bonds. The summed E-state index contributed by atoms with van der Waals surface area (Å²) >= 11 is 0. The molecule has 0 aromatic heterocycles. The van der Waals surface area contributed by atoms with Crippen LogP contribution >= 0.6 is 0 Å². The summed E-state index contributed by atoms with van der Waals surface area (Å²) in [5.74, 6) is -0.301. The van der Waals surface area contributed by atoms with E-state index in [1.54, 1.807) is 0 Å². The highest BCUT2D eigenvalue weighted by Crippen LogP contribution is 2.47. The number of hydrogen-bond acceptors (Lipinski definition) is 3. The first-order valence-electron chi connectivity index (χ1n) is 4.56. The molecule has 0 radical (unpaired) electrons. The predicted octanol–water partition coefficient (Wildman–Crippen LogP) is 0.698. The molecule has 0 spiro atoms. The summed E-state index contributed by atoms with van der Waals surface area (Å²) in [6, 6.07) is -0.826. The molecule has 0 aromatic carbocycles. The average molecular weight is 201 g/mol. The highest BCUT2D eigenvalue weighted by molar-refractivity contribution is 5.80. The minimum atomic E-state index is -1.00. The number of aliphatic carboxylic acids is 1. The van der Waals surface area contributed by atoms with Crippen molar-refractivity contribution in [3.05, 3.63) is 0 Å². The molecule has 14 heavy (non-hydrogen) atoms. The van der Waals surface area contributed by atoms with E-state index < -0.39 is 18.1 Å². The fourth-order valence-corrected chi connectivity index (χ4v) is 1.82. The zero-order valence-corrected chi connectivity index (χ0v) is 8.48. The Labute approximate surface area is 82.4 Å². The number of ether oxygens (including phenoxy) is 1. The van der Waals surface area contributed by atoms with Gasteiger partial charge >= 0.3 is 12.1 Å². The monoisotopic (exact) mass is 201 g/mol. The van der Waals surface area contributed by atoms with Crippen LogP contribution in [0.4, 0.5) is 4.79 Å². The maximum absolute atomic E-state index is 10.9. The van der Waals surface area contributed by atoms with Crippen LogP contribution in [0.1, 0.15) is 13.8 Å². The van der Waals surface area contributed by atoms with Gasteiger partial charge < -0.3 is 15.2 Å². The quantitative estimate of drug-likeness (QED) is 0.704. The van der Waals surface area contributed by atoms with Crippen LogP contribution in [0.2, 0.25) is 0 Å².